The molecule has 3 aromatic carbocycles. The maximum atomic E-state index is 9.01. The van der Waals surface area contributed by atoms with Crippen LogP contribution in [0.3, 0.4) is 0 Å². The first-order valence-corrected chi connectivity index (χ1v) is 10.5. The number of hydrogen-bond acceptors (Lipinski definition) is 3. The number of rotatable bonds is 6. The molecule has 0 bridgehead atoms. The third-order valence-corrected chi connectivity index (χ3v) is 5.71. The molecule has 0 radical (unpaired) electrons. The number of nitrogens with one attached hydrogen (secondary N) is 1. The molecule has 2 aromatic heterocycles. The Morgan fingerprint density at radius 1 is 0.750 bits per heavy atom. The van der Waals surface area contributed by atoms with Gasteiger partial charge in [-0.1, -0.05) is 54.6 Å². The zero-order valence-corrected chi connectivity index (χ0v) is 17.5. The molecule has 0 saturated heterocycles. The minimum Gasteiger partial charge on any atom is -0.328 e. The molecule has 5 aromatic rings. The van der Waals surface area contributed by atoms with Gasteiger partial charge >= 0.3 is 0 Å². The van der Waals surface area contributed by atoms with Crippen molar-refractivity contribution in [3.05, 3.63) is 119 Å². The molecule has 6 heteroatoms. The third-order valence-electron chi connectivity index (χ3n) is 5.71. The molecule has 6 nitrogen and oxygen atoms in total. The van der Waals surface area contributed by atoms with E-state index in [0.717, 1.165) is 22.3 Å². The number of para-hydroxylation sites is 2. The van der Waals surface area contributed by atoms with Crippen molar-refractivity contribution in [1.29, 1.82) is 10.7 Å². The van der Waals surface area contributed by atoms with E-state index in [-0.39, 0.29) is 0 Å². The van der Waals surface area contributed by atoms with Crippen molar-refractivity contribution in [3.8, 4) is 6.07 Å². The van der Waals surface area contributed by atoms with E-state index in [9.17, 15) is 0 Å². The third kappa shape index (κ3) is 3.72. The molecule has 0 saturated carbocycles. The monoisotopic (exact) mass is 418 g/mol. The number of nitriles is 1. The van der Waals surface area contributed by atoms with Crippen LogP contribution in [-0.2, 0) is 19.6 Å². The summed E-state index contributed by atoms with van der Waals surface area (Å²) < 4.78 is 6.17. The van der Waals surface area contributed by atoms with Crippen molar-refractivity contribution < 1.29 is 0 Å². The van der Waals surface area contributed by atoms with Gasteiger partial charge in [-0.05, 0) is 35.4 Å². The van der Waals surface area contributed by atoms with Crippen LogP contribution in [0.25, 0.3) is 11.0 Å². The fraction of sp³-hybridized carbons (Fsp3) is 0.115. The first-order chi connectivity index (χ1) is 15.7. The van der Waals surface area contributed by atoms with Gasteiger partial charge in [-0.15, -0.1) is 0 Å². The second kappa shape index (κ2) is 8.40. The second-order valence-electron chi connectivity index (χ2n) is 7.79. The summed E-state index contributed by atoms with van der Waals surface area (Å²) in [7, 11) is 0. The topological polar surface area (TPSA) is 75.3 Å². The number of aromatic nitrogens is 4. The van der Waals surface area contributed by atoms with Crippen LogP contribution in [0.2, 0.25) is 0 Å². The molecule has 5 rings (SSSR count). The van der Waals surface area contributed by atoms with Gasteiger partial charge in [0.05, 0.1) is 47.8 Å². The summed E-state index contributed by atoms with van der Waals surface area (Å²) in [6.07, 6.45) is 3.68. The molecule has 156 valence electrons. The molecule has 0 atom stereocenters. The lowest BCUT2D eigenvalue weighted by Gasteiger charge is -2.10. The van der Waals surface area contributed by atoms with E-state index in [1.54, 1.807) is 0 Å². The van der Waals surface area contributed by atoms with Crippen molar-refractivity contribution in [3.63, 3.8) is 0 Å². The van der Waals surface area contributed by atoms with E-state index in [4.69, 9.17) is 10.7 Å². The highest BCUT2D eigenvalue weighted by molar-refractivity contribution is 5.76. The second-order valence-corrected chi connectivity index (χ2v) is 7.79. The predicted octanol–water partition coefficient (Wildman–Crippen LogP) is 4.14. The summed E-state index contributed by atoms with van der Waals surface area (Å²) >= 11 is 0. The molecule has 0 spiro atoms. The molecular weight excluding hydrogens is 396 g/mol. The highest BCUT2D eigenvalue weighted by Crippen LogP contribution is 2.17. The largest absolute Gasteiger partial charge is 0.328 e. The van der Waals surface area contributed by atoms with E-state index in [1.165, 1.54) is 5.56 Å². The van der Waals surface area contributed by atoms with E-state index in [0.29, 0.717) is 30.8 Å². The molecule has 32 heavy (non-hydrogen) atoms. The normalized spacial score (nSPS) is 11.0. The van der Waals surface area contributed by atoms with Gasteiger partial charge in [0.15, 0.2) is 0 Å². The Hall–Kier alpha value is -4.37. The zero-order chi connectivity index (χ0) is 21.9. The Labute approximate surface area is 185 Å². The van der Waals surface area contributed by atoms with E-state index >= 15 is 0 Å². The lowest BCUT2D eigenvalue weighted by Crippen LogP contribution is -2.26. The number of imidazole rings is 2. The smallest absolute Gasteiger partial charge is 0.203 e. The Kier molecular flexibility index (Phi) is 5.14. The molecule has 2 heterocycles. The zero-order valence-electron chi connectivity index (χ0n) is 17.5. The minimum atomic E-state index is 0.459. The fourth-order valence-corrected chi connectivity index (χ4v) is 4.05. The first kappa shape index (κ1) is 19.6. The lowest BCUT2D eigenvalue weighted by atomic mass is 10.1. The molecule has 1 N–H and O–H groups in total. The average Bonchev–Trinajstić information content (AvgIpc) is 3.38. The van der Waals surface area contributed by atoms with Gasteiger partial charge in [-0.3, -0.25) is 5.41 Å². The Morgan fingerprint density at radius 3 is 2.06 bits per heavy atom. The number of benzene rings is 3. The van der Waals surface area contributed by atoms with E-state index in [1.807, 2.05) is 76.3 Å². The molecule has 0 fully saturated rings. The van der Waals surface area contributed by atoms with Crippen molar-refractivity contribution >= 4 is 11.0 Å². The van der Waals surface area contributed by atoms with Crippen LogP contribution in [0.15, 0.2) is 91.4 Å². The van der Waals surface area contributed by atoms with E-state index in [2.05, 4.69) is 39.9 Å². The van der Waals surface area contributed by atoms with E-state index < -0.39 is 0 Å². The van der Waals surface area contributed by atoms with Gasteiger partial charge < -0.3 is 13.7 Å². The van der Waals surface area contributed by atoms with Crippen LogP contribution in [-0.4, -0.2) is 18.7 Å². The van der Waals surface area contributed by atoms with Gasteiger partial charge in [0.2, 0.25) is 5.62 Å². The van der Waals surface area contributed by atoms with Crippen molar-refractivity contribution in [2.45, 2.75) is 19.6 Å². The van der Waals surface area contributed by atoms with Crippen molar-refractivity contribution in [2.24, 2.45) is 0 Å². The molecule has 0 amide bonds. The predicted molar refractivity (Wildman–Crippen MR) is 123 cm³/mol. The highest BCUT2D eigenvalue weighted by Gasteiger charge is 2.13. The van der Waals surface area contributed by atoms with Crippen molar-refractivity contribution in [2.75, 3.05) is 0 Å². The summed E-state index contributed by atoms with van der Waals surface area (Å²) in [5.74, 6) is 0. The minimum absolute atomic E-state index is 0.459. The summed E-state index contributed by atoms with van der Waals surface area (Å²) in [4.78, 5) is 4.36. The van der Waals surface area contributed by atoms with Gasteiger partial charge in [-0.25, -0.2) is 4.98 Å². The Morgan fingerprint density at radius 2 is 1.38 bits per heavy atom. The quantitative estimate of drug-likeness (QED) is 0.450. The standard InChI is InChI=1S/C26H22N6/c27-14-20-10-12-22(13-11-20)16-30-19-29-15-23(30)18-32-25-9-5-4-8-24(25)31(26(32)28)17-21-6-2-1-3-7-21/h1-13,15,19,28H,16-18H2. The van der Waals surface area contributed by atoms with Crippen LogP contribution in [0.1, 0.15) is 22.4 Å². The lowest BCUT2D eigenvalue weighted by molar-refractivity contribution is 0.632. The molecule has 0 aliphatic rings. The van der Waals surface area contributed by atoms with Crippen LogP contribution in [0, 0.1) is 16.7 Å². The summed E-state index contributed by atoms with van der Waals surface area (Å²) in [5.41, 5.74) is 6.47. The fourth-order valence-electron chi connectivity index (χ4n) is 4.05. The van der Waals surface area contributed by atoms with Crippen LogP contribution in [0.4, 0.5) is 0 Å². The van der Waals surface area contributed by atoms with Gasteiger partial charge in [0.25, 0.3) is 0 Å². The Balaban J connectivity index is 1.49. The summed E-state index contributed by atoms with van der Waals surface area (Å²) in [5, 5.41) is 17.9. The SMILES string of the molecule is N#Cc1ccc(Cn2cncc2Cn2c(=N)n(Cc3ccccc3)c3ccccc32)cc1. The number of hydrogen-bond donors (Lipinski definition) is 1. The summed E-state index contributed by atoms with van der Waals surface area (Å²) in [6, 6.07) is 28.2. The maximum Gasteiger partial charge on any atom is 0.203 e. The van der Waals surface area contributed by atoms with Gasteiger partial charge in [0.1, 0.15) is 0 Å². The number of nitrogens with zero attached hydrogens (tertiary/aromatic N) is 5. The molecule has 0 unspecified atom stereocenters. The average molecular weight is 419 g/mol. The molecule has 0 aliphatic heterocycles. The van der Waals surface area contributed by atoms with Crippen LogP contribution < -0.4 is 5.62 Å². The van der Waals surface area contributed by atoms with Gasteiger partial charge in [-0.2, -0.15) is 5.26 Å². The Bertz CT molecular complexity index is 1460. The maximum absolute atomic E-state index is 9.01. The van der Waals surface area contributed by atoms with Crippen LogP contribution in [0.5, 0.6) is 0 Å². The van der Waals surface area contributed by atoms with Gasteiger partial charge in [0, 0.05) is 12.7 Å². The first-order valence-electron chi connectivity index (χ1n) is 10.5. The molecular formula is C26H22N6. The highest BCUT2D eigenvalue weighted by atomic mass is 15.2. The van der Waals surface area contributed by atoms with Crippen LogP contribution >= 0.6 is 0 Å². The number of fused-ring (bicyclic) bond motifs is 1. The summed E-state index contributed by atoms with van der Waals surface area (Å²) in [6.45, 7) is 1.87. The van der Waals surface area contributed by atoms with Crippen molar-refractivity contribution in [1.82, 2.24) is 18.7 Å². The molecule has 0 aliphatic carbocycles.